The molecule has 1 aromatic heterocycles. The number of amides is 2. The summed E-state index contributed by atoms with van der Waals surface area (Å²) in [5.74, 6) is 0.451. The summed E-state index contributed by atoms with van der Waals surface area (Å²) < 4.78 is 1.78. The summed E-state index contributed by atoms with van der Waals surface area (Å²) in [6.45, 7) is 8.00. The second-order valence-electron chi connectivity index (χ2n) is 7.36. The molecule has 0 radical (unpaired) electrons. The first-order valence-electron chi connectivity index (χ1n) is 8.69. The van der Waals surface area contributed by atoms with Gasteiger partial charge in [0, 0.05) is 29.8 Å². The zero-order valence-electron chi connectivity index (χ0n) is 14.9. The molecule has 1 aromatic carbocycles. The third-order valence-electron chi connectivity index (χ3n) is 5.15. The van der Waals surface area contributed by atoms with E-state index in [2.05, 4.69) is 10.4 Å². The molecule has 25 heavy (non-hydrogen) atoms. The van der Waals surface area contributed by atoms with Crippen LogP contribution in [0.5, 0.6) is 0 Å². The van der Waals surface area contributed by atoms with Gasteiger partial charge >= 0.3 is 0 Å². The van der Waals surface area contributed by atoms with Crippen molar-refractivity contribution in [1.29, 1.82) is 0 Å². The molecule has 0 bridgehead atoms. The van der Waals surface area contributed by atoms with Crippen molar-refractivity contribution in [1.82, 2.24) is 9.78 Å². The number of carbonyl (C=O) groups excluding carboxylic acids is 2. The fourth-order valence-corrected chi connectivity index (χ4v) is 4.12. The lowest BCUT2D eigenvalue weighted by molar-refractivity contribution is -0.126. The normalized spacial score (nSPS) is 21.9. The molecule has 2 aliphatic heterocycles. The molecule has 2 aromatic rings. The Balaban J connectivity index is 2.03. The average molecular weight is 338 g/mol. The fraction of sp³-hybridized carbons (Fsp3) is 0.421. The van der Waals surface area contributed by atoms with Gasteiger partial charge in [-0.3, -0.25) is 9.59 Å². The summed E-state index contributed by atoms with van der Waals surface area (Å²) in [5, 5.41) is 7.39. The van der Waals surface area contributed by atoms with Gasteiger partial charge in [-0.05, 0) is 39.3 Å². The molecule has 6 heteroatoms. The van der Waals surface area contributed by atoms with Crippen LogP contribution in [-0.2, 0) is 15.0 Å². The maximum Gasteiger partial charge on any atom is 0.243 e. The first kappa shape index (κ1) is 15.9. The summed E-state index contributed by atoms with van der Waals surface area (Å²) in [6.07, 6.45) is 1.86. The number of hydrogen-bond donors (Lipinski definition) is 1. The van der Waals surface area contributed by atoms with E-state index in [-0.39, 0.29) is 30.3 Å². The molecule has 0 saturated carbocycles. The number of fused-ring (bicyclic) bond motifs is 4. The standard InChI is InChI=1S/C19H22N4O2/c1-11(2)22-15-8-6-5-7-13(15)19(18(22)25)9-16(24)21-17-14(19)10-20-23(17)12(3)4/h5-8,10-12H,9H2,1-4H3,(H,21,24). The molecule has 1 unspecified atom stereocenters. The van der Waals surface area contributed by atoms with Crippen molar-refractivity contribution in [2.24, 2.45) is 0 Å². The predicted molar refractivity (Wildman–Crippen MR) is 95.7 cm³/mol. The van der Waals surface area contributed by atoms with Crippen LogP contribution >= 0.6 is 0 Å². The van der Waals surface area contributed by atoms with Crippen LogP contribution in [0.15, 0.2) is 30.5 Å². The van der Waals surface area contributed by atoms with Gasteiger partial charge in [0.1, 0.15) is 11.2 Å². The minimum Gasteiger partial charge on any atom is -0.311 e. The summed E-state index contributed by atoms with van der Waals surface area (Å²) >= 11 is 0. The number of carbonyl (C=O) groups is 2. The number of aromatic nitrogens is 2. The smallest absolute Gasteiger partial charge is 0.243 e. The highest BCUT2D eigenvalue weighted by atomic mass is 16.2. The molecule has 0 saturated heterocycles. The van der Waals surface area contributed by atoms with Crippen LogP contribution in [-0.4, -0.2) is 27.6 Å². The van der Waals surface area contributed by atoms with Crippen LogP contribution in [0.25, 0.3) is 0 Å². The second kappa shape index (κ2) is 5.18. The van der Waals surface area contributed by atoms with E-state index in [1.165, 1.54) is 0 Å². The minimum atomic E-state index is -0.980. The lowest BCUT2D eigenvalue weighted by atomic mass is 9.72. The van der Waals surface area contributed by atoms with Crippen molar-refractivity contribution in [2.75, 3.05) is 10.2 Å². The van der Waals surface area contributed by atoms with E-state index in [0.29, 0.717) is 5.82 Å². The van der Waals surface area contributed by atoms with Gasteiger partial charge in [-0.1, -0.05) is 18.2 Å². The summed E-state index contributed by atoms with van der Waals surface area (Å²) in [7, 11) is 0. The molecule has 4 rings (SSSR count). The third kappa shape index (κ3) is 1.94. The van der Waals surface area contributed by atoms with Gasteiger partial charge in [-0.25, -0.2) is 4.68 Å². The Kier molecular flexibility index (Phi) is 3.29. The molecule has 3 heterocycles. The molecule has 1 N–H and O–H groups in total. The topological polar surface area (TPSA) is 67.2 Å². The highest BCUT2D eigenvalue weighted by molar-refractivity contribution is 6.15. The molecule has 2 aliphatic rings. The number of nitrogens with zero attached hydrogens (tertiary/aromatic N) is 3. The Hall–Kier alpha value is -2.63. The van der Waals surface area contributed by atoms with Gasteiger partial charge in [0.2, 0.25) is 11.8 Å². The minimum absolute atomic E-state index is 0.0154. The van der Waals surface area contributed by atoms with Crippen LogP contribution < -0.4 is 10.2 Å². The summed E-state index contributed by atoms with van der Waals surface area (Å²) in [4.78, 5) is 28.0. The van der Waals surface area contributed by atoms with Crippen molar-refractivity contribution in [3.8, 4) is 0 Å². The number of para-hydroxylation sites is 1. The molecule has 130 valence electrons. The first-order chi connectivity index (χ1) is 11.9. The molecule has 0 fully saturated rings. The van der Waals surface area contributed by atoms with Gasteiger partial charge in [-0.15, -0.1) is 0 Å². The van der Waals surface area contributed by atoms with Crippen LogP contribution in [0.1, 0.15) is 51.3 Å². The number of nitrogens with one attached hydrogen (secondary N) is 1. The number of rotatable bonds is 2. The van der Waals surface area contributed by atoms with Crippen molar-refractivity contribution in [3.05, 3.63) is 41.6 Å². The lowest BCUT2D eigenvalue weighted by Crippen LogP contribution is -2.48. The van der Waals surface area contributed by atoms with E-state index in [9.17, 15) is 9.59 Å². The molecular weight excluding hydrogens is 316 g/mol. The van der Waals surface area contributed by atoms with Crippen molar-refractivity contribution in [2.45, 2.75) is 51.6 Å². The maximum absolute atomic E-state index is 13.6. The van der Waals surface area contributed by atoms with Crippen LogP contribution in [0.4, 0.5) is 11.5 Å². The summed E-state index contributed by atoms with van der Waals surface area (Å²) in [6, 6.07) is 7.89. The molecule has 0 aliphatic carbocycles. The highest BCUT2D eigenvalue weighted by Crippen LogP contribution is 2.52. The molecular formula is C19H22N4O2. The lowest BCUT2D eigenvalue weighted by Gasteiger charge is -2.33. The average Bonchev–Trinajstić information content (AvgIpc) is 3.07. The Labute approximate surface area is 146 Å². The number of anilines is 2. The van der Waals surface area contributed by atoms with Crippen LogP contribution in [0.3, 0.4) is 0 Å². The maximum atomic E-state index is 13.6. The molecule has 1 atom stereocenters. The summed E-state index contributed by atoms with van der Waals surface area (Å²) in [5.41, 5.74) is 1.60. The zero-order valence-corrected chi connectivity index (χ0v) is 14.9. The van der Waals surface area contributed by atoms with E-state index in [0.717, 1.165) is 16.8 Å². The van der Waals surface area contributed by atoms with E-state index < -0.39 is 5.41 Å². The Morgan fingerprint density at radius 3 is 2.48 bits per heavy atom. The van der Waals surface area contributed by atoms with Crippen molar-refractivity contribution >= 4 is 23.3 Å². The molecule has 2 amide bonds. The SMILES string of the molecule is CC(C)N1C(=O)C2(CC(=O)Nc3c2cnn3C(C)C)c2ccccc21. The predicted octanol–water partition coefficient (Wildman–Crippen LogP) is 2.85. The molecule has 6 nitrogen and oxygen atoms in total. The monoisotopic (exact) mass is 338 g/mol. The highest BCUT2D eigenvalue weighted by Gasteiger charge is 2.57. The quantitative estimate of drug-likeness (QED) is 0.915. The van der Waals surface area contributed by atoms with Crippen molar-refractivity contribution < 1.29 is 9.59 Å². The molecule has 1 spiro atoms. The van der Waals surface area contributed by atoms with Gasteiger partial charge < -0.3 is 10.2 Å². The first-order valence-corrected chi connectivity index (χ1v) is 8.69. The Bertz CT molecular complexity index is 883. The Morgan fingerprint density at radius 1 is 1.08 bits per heavy atom. The van der Waals surface area contributed by atoms with Crippen LogP contribution in [0, 0.1) is 0 Å². The van der Waals surface area contributed by atoms with Gasteiger partial charge in [-0.2, -0.15) is 5.10 Å². The Morgan fingerprint density at radius 2 is 1.80 bits per heavy atom. The van der Waals surface area contributed by atoms with E-state index in [1.807, 2.05) is 56.9 Å². The number of benzene rings is 1. The van der Waals surface area contributed by atoms with Gasteiger partial charge in [0.05, 0.1) is 6.20 Å². The van der Waals surface area contributed by atoms with Crippen LogP contribution in [0.2, 0.25) is 0 Å². The fourth-order valence-electron chi connectivity index (χ4n) is 4.12. The van der Waals surface area contributed by atoms with E-state index in [1.54, 1.807) is 10.9 Å². The van der Waals surface area contributed by atoms with Gasteiger partial charge in [0.25, 0.3) is 0 Å². The number of hydrogen-bond acceptors (Lipinski definition) is 3. The third-order valence-corrected chi connectivity index (χ3v) is 5.15. The van der Waals surface area contributed by atoms with E-state index >= 15 is 0 Å². The zero-order chi connectivity index (χ0) is 17.9. The van der Waals surface area contributed by atoms with Gasteiger partial charge in [0.15, 0.2) is 0 Å². The largest absolute Gasteiger partial charge is 0.311 e. The van der Waals surface area contributed by atoms with E-state index in [4.69, 9.17) is 0 Å². The second-order valence-corrected chi connectivity index (χ2v) is 7.36. The van der Waals surface area contributed by atoms with Crippen molar-refractivity contribution in [3.63, 3.8) is 0 Å².